The highest BCUT2D eigenvalue weighted by atomic mass is 32.1. The van der Waals surface area contributed by atoms with Gasteiger partial charge in [0.25, 0.3) is 0 Å². The van der Waals surface area contributed by atoms with Crippen LogP contribution in [0.3, 0.4) is 0 Å². The normalized spacial score (nSPS) is 11.8. The lowest BCUT2D eigenvalue weighted by molar-refractivity contribution is 0.520. The second-order valence-corrected chi connectivity index (χ2v) is 8.10. The second kappa shape index (κ2) is 6.72. The maximum Gasteiger partial charge on any atom is 0.0456 e. The van der Waals surface area contributed by atoms with E-state index in [0.29, 0.717) is 0 Å². The Kier molecular flexibility index (Phi) is 5.25. The van der Waals surface area contributed by atoms with Gasteiger partial charge >= 0.3 is 0 Å². The molecule has 2 heterocycles. The first-order valence-corrected chi connectivity index (χ1v) is 8.77. The quantitative estimate of drug-likeness (QED) is 0.513. The summed E-state index contributed by atoms with van der Waals surface area (Å²) in [5.41, 5.74) is 0. The zero-order valence-electron chi connectivity index (χ0n) is 11.8. The molecule has 0 radical (unpaired) electrons. The third-order valence-corrected chi connectivity index (χ3v) is 5.60. The molecule has 0 N–H and O–H groups in total. The summed E-state index contributed by atoms with van der Waals surface area (Å²) in [5, 5.41) is 0. The van der Waals surface area contributed by atoms with E-state index in [1.54, 1.807) is 4.88 Å². The van der Waals surface area contributed by atoms with Crippen molar-refractivity contribution < 1.29 is 0 Å². The lowest BCUT2D eigenvalue weighted by Crippen LogP contribution is -1.87. The van der Waals surface area contributed by atoms with Crippen molar-refractivity contribution in [3.05, 3.63) is 21.9 Å². The van der Waals surface area contributed by atoms with E-state index >= 15 is 0 Å². The predicted octanol–water partition coefficient (Wildman–Crippen LogP) is 6.42. The third kappa shape index (κ3) is 4.10. The van der Waals surface area contributed by atoms with Crippen molar-refractivity contribution in [2.75, 3.05) is 0 Å². The van der Waals surface area contributed by atoms with Gasteiger partial charge in [0.2, 0.25) is 0 Å². The Bertz CT molecular complexity index is 445. The first-order chi connectivity index (χ1) is 8.65. The second-order valence-electron chi connectivity index (χ2n) is 5.64. The molecule has 18 heavy (non-hydrogen) atoms. The number of aryl methyl sites for hydroxylation is 2. The molecule has 100 valence electrons. The zero-order valence-corrected chi connectivity index (χ0v) is 13.4. The van der Waals surface area contributed by atoms with Gasteiger partial charge in [-0.1, -0.05) is 39.5 Å². The summed E-state index contributed by atoms with van der Waals surface area (Å²) in [7, 11) is 0. The monoisotopic (exact) mass is 280 g/mol. The molecule has 0 amide bonds. The number of fused-ring (bicyclic) bond motifs is 1. The third-order valence-electron chi connectivity index (χ3n) is 3.34. The lowest BCUT2D eigenvalue weighted by atomic mass is 10.0. The van der Waals surface area contributed by atoms with Crippen molar-refractivity contribution in [2.45, 2.75) is 59.3 Å². The summed E-state index contributed by atoms with van der Waals surface area (Å²) in [6, 6.07) is 4.74. The SMILES string of the molecule is Cc1cc2sc(CCCCCCC(C)C)cc2s1. The Hall–Kier alpha value is -0.340. The molecule has 2 heteroatoms. The van der Waals surface area contributed by atoms with Crippen molar-refractivity contribution in [3.8, 4) is 0 Å². The average molecular weight is 281 g/mol. The van der Waals surface area contributed by atoms with Crippen molar-refractivity contribution in [2.24, 2.45) is 5.92 Å². The molecule has 2 rings (SSSR count). The fraction of sp³-hybridized carbons (Fsp3) is 0.625. The minimum absolute atomic E-state index is 0.873. The number of hydrogen-bond acceptors (Lipinski definition) is 2. The van der Waals surface area contributed by atoms with E-state index in [9.17, 15) is 0 Å². The highest BCUT2D eigenvalue weighted by Gasteiger charge is 2.04. The highest BCUT2D eigenvalue weighted by Crippen LogP contribution is 2.33. The van der Waals surface area contributed by atoms with Crippen molar-refractivity contribution in [3.63, 3.8) is 0 Å². The van der Waals surface area contributed by atoms with Crippen LogP contribution >= 0.6 is 22.7 Å². The molecule has 0 atom stereocenters. The number of unbranched alkanes of at least 4 members (excludes halogenated alkanes) is 3. The summed E-state index contributed by atoms with van der Waals surface area (Å²) in [6.07, 6.45) is 8.27. The molecule has 0 aliphatic heterocycles. The van der Waals surface area contributed by atoms with Gasteiger partial charge in [0, 0.05) is 19.2 Å². The molecule has 0 aliphatic carbocycles. The maximum absolute atomic E-state index is 2.41. The molecule has 0 saturated heterocycles. The van der Waals surface area contributed by atoms with Crippen molar-refractivity contribution >= 4 is 32.1 Å². The van der Waals surface area contributed by atoms with Crippen LogP contribution in [0.1, 0.15) is 55.7 Å². The van der Waals surface area contributed by atoms with E-state index in [1.165, 1.54) is 52.8 Å². The molecule has 2 aromatic heterocycles. The number of thiophene rings is 2. The van der Waals surface area contributed by atoms with Gasteiger partial charge < -0.3 is 0 Å². The minimum Gasteiger partial charge on any atom is -0.140 e. The van der Waals surface area contributed by atoms with E-state index < -0.39 is 0 Å². The average Bonchev–Trinajstić information content (AvgIpc) is 2.79. The summed E-state index contributed by atoms with van der Waals surface area (Å²) in [5.74, 6) is 0.873. The summed E-state index contributed by atoms with van der Waals surface area (Å²) < 4.78 is 2.99. The van der Waals surface area contributed by atoms with Gasteiger partial charge in [-0.05, 0) is 37.8 Å². The van der Waals surface area contributed by atoms with Crippen LogP contribution in [0.2, 0.25) is 0 Å². The van der Waals surface area contributed by atoms with Gasteiger partial charge in [0.15, 0.2) is 0 Å². The van der Waals surface area contributed by atoms with Gasteiger partial charge in [-0.2, -0.15) is 0 Å². The zero-order chi connectivity index (χ0) is 13.0. The molecular weight excluding hydrogens is 256 g/mol. The van der Waals surface area contributed by atoms with Gasteiger partial charge in [0.1, 0.15) is 0 Å². The number of rotatable bonds is 7. The van der Waals surface area contributed by atoms with E-state index in [4.69, 9.17) is 0 Å². The largest absolute Gasteiger partial charge is 0.140 e. The van der Waals surface area contributed by atoms with Gasteiger partial charge in [0.05, 0.1) is 0 Å². The Morgan fingerprint density at radius 2 is 1.67 bits per heavy atom. The maximum atomic E-state index is 2.41. The lowest BCUT2D eigenvalue weighted by Gasteiger charge is -2.03. The van der Waals surface area contributed by atoms with E-state index in [-0.39, 0.29) is 0 Å². The Balaban J connectivity index is 1.68. The van der Waals surface area contributed by atoms with Crippen LogP contribution in [0.5, 0.6) is 0 Å². The predicted molar refractivity (Wildman–Crippen MR) is 86.1 cm³/mol. The molecule has 0 spiro atoms. The molecule has 0 fully saturated rings. The van der Waals surface area contributed by atoms with E-state index in [1.807, 2.05) is 22.7 Å². The standard InChI is InChI=1S/C16H24S2/c1-12(2)8-6-4-5-7-9-14-11-16-15(18-14)10-13(3)17-16/h10-12H,4-9H2,1-3H3. The Labute approximate surface area is 119 Å². The Morgan fingerprint density at radius 1 is 0.944 bits per heavy atom. The molecule has 0 bridgehead atoms. The van der Waals surface area contributed by atoms with Gasteiger partial charge in [-0.15, -0.1) is 22.7 Å². The molecule has 0 nitrogen and oxygen atoms in total. The van der Waals surface area contributed by atoms with Crippen LogP contribution in [-0.4, -0.2) is 0 Å². The van der Waals surface area contributed by atoms with Crippen LogP contribution in [0, 0.1) is 12.8 Å². The van der Waals surface area contributed by atoms with E-state index in [2.05, 4.69) is 32.9 Å². The summed E-state index contributed by atoms with van der Waals surface area (Å²) in [4.78, 5) is 3.02. The molecule has 2 aromatic rings. The minimum atomic E-state index is 0.873. The molecule has 0 aromatic carbocycles. The topological polar surface area (TPSA) is 0 Å². The first-order valence-electron chi connectivity index (χ1n) is 7.14. The number of hydrogen-bond donors (Lipinski definition) is 0. The van der Waals surface area contributed by atoms with Crippen LogP contribution in [0.15, 0.2) is 12.1 Å². The molecule has 0 saturated carbocycles. The molecular formula is C16H24S2. The summed E-state index contributed by atoms with van der Waals surface area (Å²) >= 11 is 3.93. The fourth-order valence-corrected chi connectivity index (χ4v) is 4.72. The smallest absolute Gasteiger partial charge is 0.0456 e. The fourth-order valence-electron chi connectivity index (χ4n) is 2.33. The van der Waals surface area contributed by atoms with Crippen molar-refractivity contribution in [1.82, 2.24) is 0 Å². The van der Waals surface area contributed by atoms with Gasteiger partial charge in [-0.3, -0.25) is 0 Å². The van der Waals surface area contributed by atoms with Crippen LogP contribution in [0.25, 0.3) is 9.40 Å². The van der Waals surface area contributed by atoms with E-state index in [0.717, 1.165) is 5.92 Å². The highest BCUT2D eigenvalue weighted by molar-refractivity contribution is 7.27. The van der Waals surface area contributed by atoms with Crippen molar-refractivity contribution in [1.29, 1.82) is 0 Å². The molecule has 0 aliphatic rings. The molecule has 0 unspecified atom stereocenters. The van der Waals surface area contributed by atoms with Crippen LogP contribution in [0.4, 0.5) is 0 Å². The van der Waals surface area contributed by atoms with Gasteiger partial charge in [-0.25, -0.2) is 0 Å². The first kappa shape index (κ1) is 14.1. The van der Waals surface area contributed by atoms with Crippen LogP contribution < -0.4 is 0 Å². The Morgan fingerprint density at radius 3 is 2.39 bits per heavy atom. The summed E-state index contributed by atoms with van der Waals surface area (Å²) in [6.45, 7) is 6.84. The van der Waals surface area contributed by atoms with Crippen LogP contribution in [-0.2, 0) is 6.42 Å².